The lowest BCUT2D eigenvalue weighted by atomic mass is 10.1. The van der Waals surface area contributed by atoms with Crippen molar-refractivity contribution < 1.29 is 28.7 Å². The van der Waals surface area contributed by atoms with E-state index >= 15 is 0 Å². The average Bonchev–Trinajstić information content (AvgIpc) is 2.67. The van der Waals surface area contributed by atoms with Crippen molar-refractivity contribution in [1.29, 1.82) is 0 Å². The summed E-state index contributed by atoms with van der Waals surface area (Å²) in [6, 6.07) is 8.77. The van der Waals surface area contributed by atoms with Crippen molar-refractivity contribution in [2.75, 3.05) is 19.5 Å². The van der Waals surface area contributed by atoms with Crippen molar-refractivity contribution >= 4 is 23.3 Å². The summed E-state index contributed by atoms with van der Waals surface area (Å²) in [4.78, 5) is 34.9. The van der Waals surface area contributed by atoms with Gasteiger partial charge in [0.15, 0.2) is 17.6 Å². The second kappa shape index (κ2) is 8.85. The van der Waals surface area contributed by atoms with E-state index in [1.54, 1.807) is 25.1 Å². The van der Waals surface area contributed by atoms with Crippen LogP contribution in [0.25, 0.3) is 0 Å². The van der Waals surface area contributed by atoms with Crippen LogP contribution in [-0.4, -0.2) is 37.1 Å². The van der Waals surface area contributed by atoms with Gasteiger partial charge in [0.05, 0.1) is 24.7 Å². The Kier molecular flexibility index (Phi) is 6.54. The summed E-state index contributed by atoms with van der Waals surface area (Å²) in [7, 11) is 2.96. The first-order valence-electron chi connectivity index (χ1n) is 8.25. The summed E-state index contributed by atoms with van der Waals surface area (Å²) >= 11 is 0. The lowest BCUT2D eigenvalue weighted by Crippen LogP contribution is -2.30. The Morgan fingerprint density at radius 2 is 1.75 bits per heavy atom. The van der Waals surface area contributed by atoms with Crippen LogP contribution in [0.2, 0.25) is 0 Å². The number of hydrogen-bond donors (Lipinski definition) is 1. The molecule has 1 N–H and O–H groups in total. The Balaban J connectivity index is 2.07. The van der Waals surface area contributed by atoms with Crippen LogP contribution in [0.1, 0.15) is 22.8 Å². The van der Waals surface area contributed by atoms with E-state index in [0.717, 1.165) is 6.07 Å². The number of benzene rings is 2. The van der Waals surface area contributed by atoms with E-state index in [9.17, 15) is 19.7 Å². The SMILES string of the molecule is COc1ccc(NC(=O)[C@@H](C)OC(=O)c2ccc(C)c([N+](=O)[O-])c2)cc1OC. The molecule has 0 aromatic heterocycles. The first-order valence-corrected chi connectivity index (χ1v) is 8.25. The van der Waals surface area contributed by atoms with Crippen LogP contribution in [0.3, 0.4) is 0 Å². The van der Waals surface area contributed by atoms with Crippen LogP contribution in [0.15, 0.2) is 36.4 Å². The lowest BCUT2D eigenvalue weighted by Gasteiger charge is -2.15. The summed E-state index contributed by atoms with van der Waals surface area (Å²) in [5.74, 6) is -0.474. The number of nitrogens with zero attached hydrogens (tertiary/aromatic N) is 1. The van der Waals surface area contributed by atoms with Crippen LogP contribution in [-0.2, 0) is 9.53 Å². The minimum atomic E-state index is -1.12. The van der Waals surface area contributed by atoms with Gasteiger partial charge in [-0.2, -0.15) is 0 Å². The summed E-state index contributed by atoms with van der Waals surface area (Å²) in [5.41, 5.74) is 0.636. The zero-order valence-corrected chi connectivity index (χ0v) is 15.8. The number of ether oxygens (including phenoxy) is 3. The monoisotopic (exact) mass is 388 g/mol. The molecule has 1 amide bonds. The van der Waals surface area contributed by atoms with Crippen molar-refractivity contribution in [1.82, 2.24) is 0 Å². The van der Waals surface area contributed by atoms with Gasteiger partial charge in [-0.05, 0) is 32.0 Å². The topological polar surface area (TPSA) is 117 Å². The predicted molar refractivity (Wildman–Crippen MR) is 101 cm³/mol. The van der Waals surface area contributed by atoms with Gasteiger partial charge in [0, 0.05) is 23.4 Å². The first kappa shape index (κ1) is 20.7. The highest BCUT2D eigenvalue weighted by molar-refractivity contribution is 5.97. The molecule has 0 saturated heterocycles. The van der Waals surface area contributed by atoms with Crippen molar-refractivity contribution in [3.05, 3.63) is 57.6 Å². The molecule has 9 heteroatoms. The van der Waals surface area contributed by atoms with Gasteiger partial charge in [0.25, 0.3) is 11.6 Å². The number of methoxy groups -OCH3 is 2. The van der Waals surface area contributed by atoms with Crippen LogP contribution in [0, 0.1) is 17.0 Å². The van der Waals surface area contributed by atoms with Crippen molar-refractivity contribution in [2.24, 2.45) is 0 Å². The molecule has 0 spiro atoms. The van der Waals surface area contributed by atoms with Crippen LogP contribution in [0.5, 0.6) is 11.5 Å². The van der Waals surface area contributed by atoms with Crippen molar-refractivity contribution in [3.8, 4) is 11.5 Å². The molecule has 2 rings (SSSR count). The number of aryl methyl sites for hydroxylation is 1. The van der Waals surface area contributed by atoms with Gasteiger partial charge >= 0.3 is 5.97 Å². The van der Waals surface area contributed by atoms with E-state index in [0.29, 0.717) is 22.7 Å². The highest BCUT2D eigenvalue weighted by atomic mass is 16.6. The largest absolute Gasteiger partial charge is 0.493 e. The summed E-state index contributed by atoms with van der Waals surface area (Å²) in [5, 5.41) is 13.6. The van der Waals surface area contributed by atoms with Crippen LogP contribution < -0.4 is 14.8 Å². The molecule has 0 heterocycles. The molecule has 9 nitrogen and oxygen atoms in total. The Hall–Kier alpha value is -3.62. The van der Waals surface area contributed by atoms with Gasteiger partial charge in [-0.3, -0.25) is 14.9 Å². The molecule has 2 aromatic carbocycles. The number of carbonyl (C=O) groups is 2. The molecule has 0 radical (unpaired) electrons. The molecule has 0 aliphatic carbocycles. The second-order valence-electron chi connectivity index (χ2n) is 5.86. The smallest absolute Gasteiger partial charge is 0.339 e. The maximum Gasteiger partial charge on any atom is 0.339 e. The van der Waals surface area contributed by atoms with Gasteiger partial charge in [-0.15, -0.1) is 0 Å². The number of nitro groups is 1. The minimum absolute atomic E-state index is 0.0110. The number of nitro benzene ring substituents is 1. The molecule has 0 saturated carbocycles. The van der Waals surface area contributed by atoms with Gasteiger partial charge in [0.1, 0.15) is 0 Å². The molecular weight excluding hydrogens is 368 g/mol. The minimum Gasteiger partial charge on any atom is -0.493 e. The lowest BCUT2D eigenvalue weighted by molar-refractivity contribution is -0.385. The summed E-state index contributed by atoms with van der Waals surface area (Å²) in [6.07, 6.45) is -1.12. The summed E-state index contributed by atoms with van der Waals surface area (Å²) < 4.78 is 15.4. The number of nitrogens with one attached hydrogen (secondary N) is 1. The molecule has 0 aliphatic rings. The number of hydrogen-bond acceptors (Lipinski definition) is 7. The van der Waals surface area contributed by atoms with E-state index < -0.39 is 22.9 Å². The van der Waals surface area contributed by atoms with E-state index in [-0.39, 0.29) is 11.3 Å². The average molecular weight is 388 g/mol. The Bertz CT molecular complexity index is 911. The number of esters is 1. The predicted octanol–water partition coefficient (Wildman–Crippen LogP) is 3.10. The number of rotatable bonds is 7. The Morgan fingerprint density at radius 1 is 1.07 bits per heavy atom. The molecule has 0 fully saturated rings. The zero-order valence-electron chi connectivity index (χ0n) is 15.8. The van der Waals surface area contributed by atoms with E-state index in [1.165, 1.54) is 33.3 Å². The van der Waals surface area contributed by atoms with Crippen molar-refractivity contribution in [2.45, 2.75) is 20.0 Å². The highest BCUT2D eigenvalue weighted by Gasteiger charge is 2.22. The fraction of sp³-hybridized carbons (Fsp3) is 0.263. The van der Waals surface area contributed by atoms with Gasteiger partial charge in [-0.25, -0.2) is 4.79 Å². The molecule has 2 aromatic rings. The number of anilines is 1. The van der Waals surface area contributed by atoms with Gasteiger partial charge < -0.3 is 19.5 Å². The third kappa shape index (κ3) is 4.76. The quantitative estimate of drug-likeness (QED) is 0.440. The highest BCUT2D eigenvalue weighted by Crippen LogP contribution is 2.29. The second-order valence-corrected chi connectivity index (χ2v) is 5.86. The molecule has 148 valence electrons. The third-order valence-electron chi connectivity index (χ3n) is 3.95. The van der Waals surface area contributed by atoms with Crippen LogP contribution in [0.4, 0.5) is 11.4 Å². The normalized spacial score (nSPS) is 11.3. The fourth-order valence-corrected chi connectivity index (χ4v) is 2.37. The first-order chi connectivity index (χ1) is 13.3. The Labute approximate surface area is 161 Å². The third-order valence-corrected chi connectivity index (χ3v) is 3.95. The summed E-state index contributed by atoms with van der Waals surface area (Å²) in [6.45, 7) is 2.96. The number of amides is 1. The van der Waals surface area contributed by atoms with E-state index in [4.69, 9.17) is 14.2 Å². The maximum atomic E-state index is 12.3. The maximum absolute atomic E-state index is 12.3. The van der Waals surface area contributed by atoms with E-state index in [2.05, 4.69) is 5.32 Å². The van der Waals surface area contributed by atoms with Gasteiger partial charge in [0.2, 0.25) is 0 Å². The van der Waals surface area contributed by atoms with Crippen molar-refractivity contribution in [3.63, 3.8) is 0 Å². The van der Waals surface area contributed by atoms with E-state index in [1.807, 2.05) is 0 Å². The van der Waals surface area contributed by atoms with Crippen LogP contribution >= 0.6 is 0 Å². The molecule has 0 bridgehead atoms. The molecule has 28 heavy (non-hydrogen) atoms. The molecule has 1 atom stereocenters. The molecule has 0 unspecified atom stereocenters. The fourth-order valence-electron chi connectivity index (χ4n) is 2.37. The van der Waals surface area contributed by atoms with Gasteiger partial charge in [-0.1, -0.05) is 6.07 Å². The standard InChI is InChI=1S/C19H20N2O7/c1-11-5-6-13(9-15(11)21(24)25)19(23)28-12(2)18(22)20-14-7-8-16(26-3)17(10-14)27-4/h5-10,12H,1-4H3,(H,20,22)/t12-/m1/s1. The molecular formula is C19H20N2O7. The zero-order chi connectivity index (χ0) is 20.8. The Morgan fingerprint density at radius 3 is 2.36 bits per heavy atom. The number of carbonyl (C=O) groups excluding carboxylic acids is 2. The molecule has 0 aliphatic heterocycles.